The summed E-state index contributed by atoms with van der Waals surface area (Å²) in [5.41, 5.74) is -1.49. The molecule has 1 unspecified atom stereocenters. The van der Waals surface area contributed by atoms with Crippen molar-refractivity contribution in [2.45, 2.75) is 12.3 Å². The highest BCUT2D eigenvalue weighted by Gasteiger charge is 2.32. The highest BCUT2D eigenvalue weighted by atomic mass is 35.5. The SMILES string of the molecule is OC(c1cc(C(F)(F)F)ccc1F)c1ccc(Cl)cc1Cl. The van der Waals surface area contributed by atoms with Crippen LogP contribution in [0.25, 0.3) is 0 Å². The predicted molar refractivity (Wildman–Crippen MR) is 71.9 cm³/mol. The van der Waals surface area contributed by atoms with Crippen LogP contribution in [0.1, 0.15) is 22.8 Å². The normalized spacial score (nSPS) is 13.3. The molecule has 2 rings (SSSR count). The summed E-state index contributed by atoms with van der Waals surface area (Å²) in [5.74, 6) is -0.957. The summed E-state index contributed by atoms with van der Waals surface area (Å²) in [6, 6.07) is 5.87. The van der Waals surface area contributed by atoms with Crippen LogP contribution >= 0.6 is 23.2 Å². The van der Waals surface area contributed by atoms with Gasteiger partial charge in [0, 0.05) is 21.2 Å². The van der Waals surface area contributed by atoms with Crippen molar-refractivity contribution in [3.05, 3.63) is 69.0 Å². The monoisotopic (exact) mass is 338 g/mol. The van der Waals surface area contributed by atoms with Gasteiger partial charge in [-0.3, -0.25) is 0 Å². The fourth-order valence-electron chi connectivity index (χ4n) is 1.82. The highest BCUT2D eigenvalue weighted by Crippen LogP contribution is 2.35. The summed E-state index contributed by atoms with van der Waals surface area (Å²) in [7, 11) is 0. The summed E-state index contributed by atoms with van der Waals surface area (Å²) in [4.78, 5) is 0. The van der Waals surface area contributed by atoms with Crippen LogP contribution in [0.15, 0.2) is 36.4 Å². The molecule has 0 heterocycles. The molecule has 2 aromatic rings. The van der Waals surface area contributed by atoms with Gasteiger partial charge in [0.2, 0.25) is 0 Å². The summed E-state index contributed by atoms with van der Waals surface area (Å²) in [6.07, 6.45) is -6.26. The molecule has 0 radical (unpaired) electrons. The molecule has 21 heavy (non-hydrogen) atoms. The van der Waals surface area contributed by atoms with E-state index in [0.717, 1.165) is 0 Å². The molecule has 0 bridgehead atoms. The smallest absolute Gasteiger partial charge is 0.383 e. The Hall–Kier alpha value is -1.30. The highest BCUT2D eigenvalue weighted by molar-refractivity contribution is 6.35. The molecule has 0 aliphatic heterocycles. The summed E-state index contributed by atoms with van der Waals surface area (Å²) >= 11 is 11.6. The van der Waals surface area contributed by atoms with E-state index < -0.39 is 29.2 Å². The molecule has 112 valence electrons. The van der Waals surface area contributed by atoms with Crippen molar-refractivity contribution in [3.8, 4) is 0 Å². The average molecular weight is 339 g/mol. The lowest BCUT2D eigenvalue weighted by Crippen LogP contribution is -2.09. The Morgan fingerprint density at radius 3 is 2.19 bits per heavy atom. The van der Waals surface area contributed by atoms with E-state index in [4.69, 9.17) is 23.2 Å². The largest absolute Gasteiger partial charge is 0.416 e. The number of rotatable bonds is 2. The molecule has 0 aliphatic carbocycles. The molecule has 1 nitrogen and oxygen atoms in total. The summed E-state index contributed by atoms with van der Waals surface area (Å²) in [5, 5.41) is 10.4. The third kappa shape index (κ3) is 3.48. The Balaban J connectivity index is 2.50. The van der Waals surface area contributed by atoms with E-state index in [1.165, 1.54) is 18.2 Å². The van der Waals surface area contributed by atoms with Crippen molar-refractivity contribution in [2.75, 3.05) is 0 Å². The standard InChI is InChI=1S/C14H8Cl2F4O/c15-8-2-3-9(11(16)6-8)13(21)10-5-7(14(18,19)20)1-4-12(10)17/h1-6,13,21H. The number of benzene rings is 2. The minimum atomic E-state index is -4.63. The van der Waals surface area contributed by atoms with Crippen molar-refractivity contribution in [1.82, 2.24) is 0 Å². The molecular weight excluding hydrogens is 331 g/mol. The second-order valence-electron chi connectivity index (χ2n) is 4.30. The van der Waals surface area contributed by atoms with Gasteiger partial charge in [-0.25, -0.2) is 4.39 Å². The van der Waals surface area contributed by atoms with Gasteiger partial charge in [-0.05, 0) is 30.3 Å². The van der Waals surface area contributed by atoms with Crippen LogP contribution in [0.5, 0.6) is 0 Å². The molecule has 7 heteroatoms. The van der Waals surface area contributed by atoms with Gasteiger partial charge in [0.1, 0.15) is 11.9 Å². The number of hydrogen-bond donors (Lipinski definition) is 1. The van der Waals surface area contributed by atoms with E-state index in [1.807, 2.05) is 0 Å². The van der Waals surface area contributed by atoms with E-state index in [0.29, 0.717) is 23.2 Å². The van der Waals surface area contributed by atoms with Gasteiger partial charge in [0.25, 0.3) is 0 Å². The second kappa shape index (κ2) is 5.83. The first-order valence-corrected chi connectivity index (χ1v) is 6.45. The Bertz CT molecular complexity index is 671. The molecule has 0 aliphatic rings. The lowest BCUT2D eigenvalue weighted by atomic mass is 9.99. The zero-order chi connectivity index (χ0) is 15.8. The molecule has 0 amide bonds. The third-order valence-corrected chi connectivity index (χ3v) is 3.44. The van der Waals surface area contributed by atoms with Crippen LogP contribution in [-0.2, 0) is 6.18 Å². The number of aliphatic hydroxyl groups is 1. The van der Waals surface area contributed by atoms with Gasteiger partial charge in [-0.2, -0.15) is 13.2 Å². The molecular formula is C14H8Cl2F4O. The van der Waals surface area contributed by atoms with E-state index in [-0.39, 0.29) is 10.6 Å². The van der Waals surface area contributed by atoms with Crippen LogP contribution in [0, 0.1) is 5.82 Å². The van der Waals surface area contributed by atoms with Gasteiger partial charge in [-0.15, -0.1) is 0 Å². The van der Waals surface area contributed by atoms with Crippen molar-refractivity contribution >= 4 is 23.2 Å². The Kier molecular flexibility index (Phi) is 4.46. The van der Waals surface area contributed by atoms with Crippen LogP contribution in [0.4, 0.5) is 17.6 Å². The molecule has 1 atom stereocenters. The first kappa shape index (κ1) is 16.1. The first-order valence-electron chi connectivity index (χ1n) is 5.70. The molecule has 0 aromatic heterocycles. The van der Waals surface area contributed by atoms with Gasteiger partial charge in [0.05, 0.1) is 5.56 Å². The molecule has 2 aromatic carbocycles. The van der Waals surface area contributed by atoms with Crippen LogP contribution in [-0.4, -0.2) is 5.11 Å². The quantitative estimate of drug-likeness (QED) is 0.743. The number of aliphatic hydroxyl groups excluding tert-OH is 1. The lowest BCUT2D eigenvalue weighted by molar-refractivity contribution is -0.137. The van der Waals surface area contributed by atoms with E-state index in [9.17, 15) is 22.7 Å². The minimum Gasteiger partial charge on any atom is -0.383 e. The minimum absolute atomic E-state index is 0.0341. The maximum absolute atomic E-state index is 13.7. The number of halogens is 6. The Labute approximate surface area is 127 Å². The Morgan fingerprint density at radius 2 is 1.62 bits per heavy atom. The van der Waals surface area contributed by atoms with Crippen LogP contribution < -0.4 is 0 Å². The summed E-state index contributed by atoms with van der Waals surface area (Å²) in [6.45, 7) is 0. The average Bonchev–Trinajstić information content (AvgIpc) is 2.37. The van der Waals surface area contributed by atoms with E-state index in [1.54, 1.807) is 0 Å². The molecule has 0 fully saturated rings. The van der Waals surface area contributed by atoms with Crippen molar-refractivity contribution in [2.24, 2.45) is 0 Å². The maximum atomic E-state index is 13.7. The first-order chi connectivity index (χ1) is 9.70. The molecule has 1 N–H and O–H groups in total. The number of hydrogen-bond acceptors (Lipinski definition) is 1. The third-order valence-electron chi connectivity index (χ3n) is 2.87. The van der Waals surface area contributed by atoms with Gasteiger partial charge < -0.3 is 5.11 Å². The zero-order valence-corrected chi connectivity index (χ0v) is 11.8. The summed E-state index contributed by atoms with van der Waals surface area (Å²) < 4.78 is 51.7. The van der Waals surface area contributed by atoms with Gasteiger partial charge >= 0.3 is 6.18 Å². The van der Waals surface area contributed by atoms with Crippen LogP contribution in [0.3, 0.4) is 0 Å². The fourth-order valence-corrected chi connectivity index (χ4v) is 2.33. The molecule has 0 spiro atoms. The van der Waals surface area contributed by atoms with Crippen LogP contribution in [0.2, 0.25) is 10.0 Å². The van der Waals surface area contributed by atoms with Gasteiger partial charge in [0.15, 0.2) is 0 Å². The second-order valence-corrected chi connectivity index (χ2v) is 5.15. The Morgan fingerprint density at radius 1 is 0.952 bits per heavy atom. The topological polar surface area (TPSA) is 20.2 Å². The lowest BCUT2D eigenvalue weighted by Gasteiger charge is -2.16. The molecule has 0 saturated heterocycles. The zero-order valence-electron chi connectivity index (χ0n) is 10.3. The fraction of sp³-hybridized carbons (Fsp3) is 0.143. The van der Waals surface area contributed by atoms with E-state index in [2.05, 4.69) is 0 Å². The molecule has 0 saturated carbocycles. The maximum Gasteiger partial charge on any atom is 0.416 e. The van der Waals surface area contributed by atoms with Crippen molar-refractivity contribution < 1.29 is 22.7 Å². The van der Waals surface area contributed by atoms with Crippen molar-refractivity contribution in [3.63, 3.8) is 0 Å². The number of alkyl halides is 3. The van der Waals surface area contributed by atoms with E-state index >= 15 is 0 Å². The van der Waals surface area contributed by atoms with Gasteiger partial charge in [-0.1, -0.05) is 29.3 Å². The van der Waals surface area contributed by atoms with Crippen molar-refractivity contribution in [1.29, 1.82) is 0 Å². The predicted octanol–water partition coefficient (Wildman–Crippen LogP) is 5.23.